The van der Waals surface area contributed by atoms with Crippen LogP contribution in [-0.2, 0) is 0 Å². The van der Waals surface area contributed by atoms with E-state index < -0.39 is 0 Å². The summed E-state index contributed by atoms with van der Waals surface area (Å²) in [5.74, 6) is 0. The fraction of sp³-hybridized carbons (Fsp3) is 0.182. The first kappa shape index (κ1) is 9.52. The van der Waals surface area contributed by atoms with E-state index in [1.165, 1.54) is 0 Å². The van der Waals surface area contributed by atoms with Crippen LogP contribution in [-0.4, -0.2) is 10.2 Å². The normalized spacial score (nSPS) is 12.3. The number of aryl methyl sites for hydroxylation is 1. The number of nitrogens with zero attached hydrogens (tertiary/aromatic N) is 1. The second-order valence-electron chi connectivity index (χ2n) is 2.91. The van der Waals surface area contributed by atoms with Gasteiger partial charge in [-0.05, 0) is 25.5 Å². The van der Waals surface area contributed by atoms with E-state index in [4.69, 9.17) is 0 Å². The molecule has 2 nitrogen and oxygen atoms in total. The summed E-state index contributed by atoms with van der Waals surface area (Å²) in [6, 6.07) is 2.02. The van der Waals surface area contributed by atoms with Crippen molar-refractivity contribution in [2.75, 3.05) is 0 Å². The molecule has 0 radical (unpaired) electrons. The summed E-state index contributed by atoms with van der Waals surface area (Å²) in [4.78, 5) is 0. The first-order valence-corrected chi connectivity index (χ1v) is 4.22. The molecule has 0 aliphatic heterocycles. The Morgan fingerprint density at radius 1 is 1.54 bits per heavy atom. The van der Waals surface area contributed by atoms with Crippen molar-refractivity contribution in [1.82, 2.24) is 10.2 Å². The largest absolute Gasteiger partial charge is 0.282 e. The Kier molecular flexibility index (Phi) is 3.26. The lowest BCUT2D eigenvalue weighted by Crippen LogP contribution is -1.77. The SMILES string of the molecule is C=C/C=C\C=C(/C)c1cc(C)[nH]n1. The molecule has 1 N–H and O–H groups in total. The minimum Gasteiger partial charge on any atom is -0.282 e. The molecule has 0 aliphatic carbocycles. The zero-order valence-electron chi connectivity index (χ0n) is 8.04. The summed E-state index contributed by atoms with van der Waals surface area (Å²) in [6.45, 7) is 7.62. The van der Waals surface area contributed by atoms with E-state index in [0.717, 1.165) is 17.0 Å². The lowest BCUT2D eigenvalue weighted by molar-refractivity contribution is 1.03. The Morgan fingerprint density at radius 3 is 2.85 bits per heavy atom. The molecule has 13 heavy (non-hydrogen) atoms. The molecule has 0 saturated carbocycles. The Morgan fingerprint density at radius 2 is 2.31 bits per heavy atom. The number of hydrogen-bond donors (Lipinski definition) is 1. The Bertz CT molecular complexity index is 343. The molecular formula is C11H14N2. The van der Waals surface area contributed by atoms with E-state index in [2.05, 4.69) is 16.8 Å². The molecule has 2 heteroatoms. The smallest absolute Gasteiger partial charge is 0.0880 e. The second kappa shape index (κ2) is 4.45. The summed E-state index contributed by atoms with van der Waals surface area (Å²) in [5.41, 5.74) is 3.21. The monoisotopic (exact) mass is 174 g/mol. The van der Waals surface area contributed by atoms with Crippen LogP contribution in [0.5, 0.6) is 0 Å². The maximum atomic E-state index is 4.14. The van der Waals surface area contributed by atoms with Crippen LogP contribution in [0.1, 0.15) is 18.3 Å². The van der Waals surface area contributed by atoms with Crippen molar-refractivity contribution >= 4 is 5.57 Å². The molecule has 68 valence electrons. The highest BCUT2D eigenvalue weighted by atomic mass is 15.1. The van der Waals surface area contributed by atoms with Crippen LogP contribution in [0.15, 0.2) is 36.9 Å². The quantitative estimate of drug-likeness (QED) is 0.701. The van der Waals surface area contributed by atoms with Crippen molar-refractivity contribution < 1.29 is 0 Å². The average molecular weight is 174 g/mol. The minimum absolute atomic E-state index is 0.992. The highest BCUT2D eigenvalue weighted by molar-refractivity contribution is 5.62. The number of rotatable bonds is 3. The third-order valence-corrected chi connectivity index (χ3v) is 1.70. The molecule has 0 saturated heterocycles. The van der Waals surface area contributed by atoms with Crippen LogP contribution in [0.3, 0.4) is 0 Å². The van der Waals surface area contributed by atoms with Crippen molar-refractivity contribution in [2.45, 2.75) is 13.8 Å². The van der Waals surface area contributed by atoms with Gasteiger partial charge in [0.05, 0.1) is 5.69 Å². The van der Waals surface area contributed by atoms with Crippen molar-refractivity contribution in [3.63, 3.8) is 0 Å². The highest BCUT2D eigenvalue weighted by Crippen LogP contribution is 2.11. The van der Waals surface area contributed by atoms with Crippen molar-refractivity contribution in [3.8, 4) is 0 Å². The lowest BCUT2D eigenvalue weighted by Gasteiger charge is -1.90. The average Bonchev–Trinajstić information content (AvgIpc) is 2.52. The van der Waals surface area contributed by atoms with E-state index in [1.807, 2.05) is 38.1 Å². The van der Waals surface area contributed by atoms with Gasteiger partial charge < -0.3 is 0 Å². The maximum Gasteiger partial charge on any atom is 0.0880 e. The van der Waals surface area contributed by atoms with Gasteiger partial charge in [-0.15, -0.1) is 0 Å². The molecule has 0 aromatic carbocycles. The first-order valence-electron chi connectivity index (χ1n) is 4.22. The van der Waals surface area contributed by atoms with E-state index in [9.17, 15) is 0 Å². The van der Waals surface area contributed by atoms with Gasteiger partial charge in [0.2, 0.25) is 0 Å². The molecule has 0 bridgehead atoms. The van der Waals surface area contributed by atoms with Crippen molar-refractivity contribution in [3.05, 3.63) is 48.3 Å². The standard InChI is InChI=1S/C11H14N2/c1-4-5-6-7-9(2)11-8-10(3)12-13-11/h4-8H,1H2,2-3H3,(H,12,13)/b6-5-,9-7+. The molecule has 1 aromatic heterocycles. The number of aromatic nitrogens is 2. The van der Waals surface area contributed by atoms with Gasteiger partial charge >= 0.3 is 0 Å². The van der Waals surface area contributed by atoms with E-state index >= 15 is 0 Å². The number of H-pyrrole nitrogens is 1. The van der Waals surface area contributed by atoms with Gasteiger partial charge in [-0.2, -0.15) is 5.10 Å². The van der Waals surface area contributed by atoms with Gasteiger partial charge in [-0.25, -0.2) is 0 Å². The van der Waals surface area contributed by atoms with Gasteiger partial charge in [0.25, 0.3) is 0 Å². The Hall–Kier alpha value is -1.57. The van der Waals surface area contributed by atoms with Crippen molar-refractivity contribution in [2.24, 2.45) is 0 Å². The predicted octanol–water partition coefficient (Wildman–Crippen LogP) is 2.86. The van der Waals surface area contributed by atoms with Gasteiger partial charge in [-0.3, -0.25) is 5.10 Å². The third kappa shape index (κ3) is 2.75. The molecule has 0 spiro atoms. The Balaban J connectivity index is 2.78. The van der Waals surface area contributed by atoms with Gasteiger partial charge in [0.15, 0.2) is 0 Å². The second-order valence-corrected chi connectivity index (χ2v) is 2.91. The molecular weight excluding hydrogens is 160 g/mol. The van der Waals surface area contributed by atoms with E-state index in [0.29, 0.717) is 0 Å². The molecule has 0 unspecified atom stereocenters. The molecule has 0 fully saturated rings. The van der Waals surface area contributed by atoms with Crippen LogP contribution in [0.2, 0.25) is 0 Å². The van der Waals surface area contributed by atoms with Gasteiger partial charge in [0, 0.05) is 5.69 Å². The fourth-order valence-corrected chi connectivity index (χ4v) is 0.984. The number of allylic oxidation sites excluding steroid dienone is 5. The Labute approximate surface area is 78.7 Å². The van der Waals surface area contributed by atoms with Gasteiger partial charge in [-0.1, -0.05) is 30.9 Å². The molecule has 1 rings (SSSR count). The van der Waals surface area contributed by atoms with Crippen molar-refractivity contribution in [1.29, 1.82) is 0 Å². The van der Waals surface area contributed by atoms with E-state index in [1.54, 1.807) is 6.08 Å². The molecule has 1 aromatic rings. The first-order chi connectivity index (χ1) is 6.24. The molecule has 1 heterocycles. The minimum atomic E-state index is 0.992. The van der Waals surface area contributed by atoms with Crippen LogP contribution < -0.4 is 0 Å². The molecule has 0 amide bonds. The van der Waals surface area contributed by atoms with Crippen LogP contribution in [0, 0.1) is 6.92 Å². The summed E-state index contributed by atoms with van der Waals surface area (Å²) >= 11 is 0. The van der Waals surface area contributed by atoms with Crippen LogP contribution in [0.4, 0.5) is 0 Å². The summed E-state index contributed by atoms with van der Waals surface area (Å²) in [5, 5.41) is 7.05. The number of nitrogens with one attached hydrogen (secondary N) is 1. The molecule has 0 atom stereocenters. The lowest BCUT2D eigenvalue weighted by atomic mass is 10.2. The summed E-state index contributed by atoms with van der Waals surface area (Å²) in [6.07, 6.45) is 7.60. The third-order valence-electron chi connectivity index (χ3n) is 1.70. The van der Waals surface area contributed by atoms with Crippen LogP contribution in [0.25, 0.3) is 5.57 Å². The zero-order chi connectivity index (χ0) is 9.68. The number of hydrogen-bond acceptors (Lipinski definition) is 1. The number of aromatic amines is 1. The van der Waals surface area contributed by atoms with E-state index in [-0.39, 0.29) is 0 Å². The zero-order valence-corrected chi connectivity index (χ0v) is 8.04. The van der Waals surface area contributed by atoms with Gasteiger partial charge in [0.1, 0.15) is 0 Å². The summed E-state index contributed by atoms with van der Waals surface area (Å²) in [7, 11) is 0. The highest BCUT2D eigenvalue weighted by Gasteiger charge is 1.97. The fourth-order valence-electron chi connectivity index (χ4n) is 0.984. The molecule has 0 aliphatic rings. The summed E-state index contributed by atoms with van der Waals surface area (Å²) < 4.78 is 0. The topological polar surface area (TPSA) is 28.7 Å². The van der Waals surface area contributed by atoms with Crippen LogP contribution >= 0.6 is 0 Å². The maximum absolute atomic E-state index is 4.14. The predicted molar refractivity (Wildman–Crippen MR) is 56.3 cm³/mol.